The lowest BCUT2D eigenvalue weighted by Gasteiger charge is -2.42. The fourth-order valence-corrected chi connectivity index (χ4v) is 6.62. The molecule has 146 valence electrons. The van der Waals surface area contributed by atoms with E-state index in [-0.39, 0.29) is 17.1 Å². The summed E-state index contributed by atoms with van der Waals surface area (Å²) in [6, 6.07) is 9.11. The average molecular weight is 403 g/mol. The molecule has 0 radical (unpaired) electrons. The Morgan fingerprint density at radius 3 is 2.38 bits per heavy atom. The molecule has 2 aliphatic heterocycles. The van der Waals surface area contributed by atoms with Crippen LogP contribution in [0.1, 0.15) is 12.0 Å². The molecule has 0 amide bonds. The number of rotatable bonds is 6. The Morgan fingerprint density at radius 2 is 1.77 bits per heavy atom. The minimum absolute atomic E-state index is 0.0341. The molecule has 0 N–H and O–H groups in total. The second-order valence-corrected chi connectivity index (χ2v) is 11.3. The van der Waals surface area contributed by atoms with Crippen molar-refractivity contribution < 1.29 is 21.6 Å². The van der Waals surface area contributed by atoms with Crippen LogP contribution in [0.15, 0.2) is 30.3 Å². The van der Waals surface area contributed by atoms with Crippen molar-refractivity contribution in [1.82, 2.24) is 8.61 Å². The van der Waals surface area contributed by atoms with E-state index in [0.29, 0.717) is 39.2 Å². The molecule has 9 heteroatoms. The van der Waals surface area contributed by atoms with Crippen LogP contribution in [0.4, 0.5) is 0 Å². The Hall–Kier alpha value is -1.00. The molecule has 1 aromatic rings. The molecule has 3 rings (SSSR count). The molecule has 7 nitrogen and oxygen atoms in total. The van der Waals surface area contributed by atoms with Gasteiger partial charge in [-0.3, -0.25) is 0 Å². The summed E-state index contributed by atoms with van der Waals surface area (Å²) in [5.74, 6) is -0.0929. The van der Waals surface area contributed by atoms with Crippen LogP contribution in [0, 0.1) is 11.3 Å². The summed E-state index contributed by atoms with van der Waals surface area (Å²) in [4.78, 5) is 0. The van der Waals surface area contributed by atoms with Crippen molar-refractivity contribution in [3.63, 3.8) is 0 Å². The molecule has 2 aliphatic rings. The van der Waals surface area contributed by atoms with Crippen molar-refractivity contribution in [2.24, 2.45) is 11.3 Å². The van der Waals surface area contributed by atoms with E-state index in [9.17, 15) is 16.8 Å². The second kappa shape index (κ2) is 7.20. The third-order valence-corrected chi connectivity index (χ3v) is 8.58. The molecule has 2 heterocycles. The molecule has 1 aromatic carbocycles. The summed E-state index contributed by atoms with van der Waals surface area (Å²) >= 11 is 0. The zero-order valence-electron chi connectivity index (χ0n) is 15.2. The highest BCUT2D eigenvalue weighted by Gasteiger charge is 2.52. The fraction of sp³-hybridized carbons (Fsp3) is 0.647. The number of fused-ring (bicyclic) bond motifs is 1. The van der Waals surface area contributed by atoms with Crippen molar-refractivity contribution >= 4 is 20.0 Å². The highest BCUT2D eigenvalue weighted by Crippen LogP contribution is 2.44. The normalized spacial score (nSPS) is 28.2. The zero-order valence-corrected chi connectivity index (χ0v) is 16.8. The molecule has 0 aromatic heterocycles. The lowest BCUT2D eigenvalue weighted by Crippen LogP contribution is -2.51. The minimum atomic E-state index is -3.45. The lowest BCUT2D eigenvalue weighted by atomic mass is 9.74. The van der Waals surface area contributed by atoms with Crippen molar-refractivity contribution in [2.75, 3.05) is 46.2 Å². The summed E-state index contributed by atoms with van der Waals surface area (Å²) in [6.45, 7) is 1.92. The molecule has 2 atom stereocenters. The van der Waals surface area contributed by atoms with Crippen LogP contribution in [0.2, 0.25) is 0 Å². The van der Waals surface area contributed by atoms with Gasteiger partial charge in [-0.05, 0) is 17.9 Å². The molecule has 0 saturated carbocycles. The summed E-state index contributed by atoms with van der Waals surface area (Å²) in [5.41, 5.74) is 0.446. The van der Waals surface area contributed by atoms with Gasteiger partial charge in [0.25, 0.3) is 0 Å². The van der Waals surface area contributed by atoms with Gasteiger partial charge in [-0.25, -0.2) is 25.4 Å². The van der Waals surface area contributed by atoms with E-state index in [1.807, 2.05) is 18.2 Å². The van der Waals surface area contributed by atoms with Gasteiger partial charge in [-0.15, -0.1) is 0 Å². The number of ether oxygens (including phenoxy) is 1. The van der Waals surface area contributed by atoms with Gasteiger partial charge in [0.05, 0.1) is 18.6 Å². The van der Waals surface area contributed by atoms with Gasteiger partial charge in [0.15, 0.2) is 0 Å². The molecular weight excluding hydrogens is 376 g/mol. The highest BCUT2D eigenvalue weighted by molar-refractivity contribution is 7.88. The van der Waals surface area contributed by atoms with Crippen LogP contribution in [0.25, 0.3) is 0 Å². The molecule has 26 heavy (non-hydrogen) atoms. The number of benzene rings is 1. The topological polar surface area (TPSA) is 84.0 Å². The van der Waals surface area contributed by atoms with E-state index in [4.69, 9.17) is 4.74 Å². The number of piperidine rings is 1. The van der Waals surface area contributed by atoms with E-state index in [1.54, 1.807) is 19.2 Å². The number of sulfonamides is 2. The molecule has 2 fully saturated rings. The number of hydrogen-bond acceptors (Lipinski definition) is 5. The molecule has 0 bridgehead atoms. The average Bonchev–Trinajstić information content (AvgIpc) is 2.94. The van der Waals surface area contributed by atoms with E-state index in [0.717, 1.165) is 5.56 Å². The SMILES string of the molecule is COC[C@@]12CCN(S(=O)(=O)Cc3ccccc3)C[C@@H]1CN(S(C)(=O)=O)C2. The van der Waals surface area contributed by atoms with Gasteiger partial charge in [-0.1, -0.05) is 30.3 Å². The monoisotopic (exact) mass is 402 g/mol. The summed E-state index contributed by atoms with van der Waals surface area (Å²) in [7, 11) is -5.15. The molecule has 0 aliphatic carbocycles. The Bertz CT molecular complexity index is 841. The van der Waals surface area contributed by atoms with Gasteiger partial charge >= 0.3 is 0 Å². The largest absolute Gasteiger partial charge is 0.384 e. The van der Waals surface area contributed by atoms with Crippen LogP contribution in [-0.2, 0) is 30.5 Å². The van der Waals surface area contributed by atoms with Crippen molar-refractivity contribution in [3.05, 3.63) is 35.9 Å². The predicted molar refractivity (Wildman–Crippen MR) is 99.5 cm³/mol. The third-order valence-electron chi connectivity index (χ3n) is 5.55. The van der Waals surface area contributed by atoms with E-state index in [2.05, 4.69) is 0 Å². The van der Waals surface area contributed by atoms with Crippen LogP contribution in [-0.4, -0.2) is 71.6 Å². The van der Waals surface area contributed by atoms with Crippen LogP contribution in [0.3, 0.4) is 0 Å². The first-order chi connectivity index (χ1) is 12.2. The number of methoxy groups -OCH3 is 1. The second-order valence-electron chi connectivity index (χ2n) is 7.40. The first kappa shape index (κ1) is 19.8. The lowest BCUT2D eigenvalue weighted by molar-refractivity contribution is 0.0208. The summed E-state index contributed by atoms with van der Waals surface area (Å²) in [5, 5.41) is 0. The maximum atomic E-state index is 12.8. The molecule has 0 spiro atoms. The van der Waals surface area contributed by atoms with Gasteiger partial charge in [-0.2, -0.15) is 0 Å². The van der Waals surface area contributed by atoms with Gasteiger partial charge < -0.3 is 4.74 Å². The van der Waals surface area contributed by atoms with Crippen LogP contribution < -0.4 is 0 Å². The quantitative estimate of drug-likeness (QED) is 0.701. The number of hydrogen-bond donors (Lipinski definition) is 0. The Kier molecular flexibility index (Phi) is 5.47. The van der Waals surface area contributed by atoms with Crippen molar-refractivity contribution in [3.8, 4) is 0 Å². The summed E-state index contributed by atoms with van der Waals surface area (Å²) < 4.78 is 58.0. The van der Waals surface area contributed by atoms with E-state index >= 15 is 0 Å². The Labute approximate surface area is 156 Å². The van der Waals surface area contributed by atoms with Crippen molar-refractivity contribution in [2.45, 2.75) is 12.2 Å². The van der Waals surface area contributed by atoms with E-state index < -0.39 is 20.0 Å². The van der Waals surface area contributed by atoms with Crippen molar-refractivity contribution in [1.29, 1.82) is 0 Å². The third kappa shape index (κ3) is 3.96. The minimum Gasteiger partial charge on any atom is -0.384 e. The summed E-state index contributed by atoms with van der Waals surface area (Å²) in [6.07, 6.45) is 1.81. The highest BCUT2D eigenvalue weighted by atomic mass is 32.2. The first-order valence-electron chi connectivity index (χ1n) is 8.62. The van der Waals surface area contributed by atoms with Gasteiger partial charge in [0, 0.05) is 38.7 Å². The molecule has 0 unspecified atom stereocenters. The van der Waals surface area contributed by atoms with E-state index in [1.165, 1.54) is 14.9 Å². The smallest absolute Gasteiger partial charge is 0.218 e. The Morgan fingerprint density at radius 1 is 1.12 bits per heavy atom. The van der Waals surface area contributed by atoms with Crippen LogP contribution >= 0.6 is 0 Å². The fourth-order valence-electron chi connectivity index (χ4n) is 4.11. The maximum absolute atomic E-state index is 12.8. The van der Waals surface area contributed by atoms with Gasteiger partial charge in [0.2, 0.25) is 20.0 Å². The number of nitrogens with zero attached hydrogens (tertiary/aromatic N) is 2. The standard InChI is InChI=1S/C17H26N2O5S2/c1-24-14-17-8-9-18(10-16(17)11-19(13-17)25(2,20)21)26(22,23)12-15-6-4-3-5-7-15/h3-7,16H,8-14H2,1-2H3/t16-,17+/m1/s1. The Balaban J connectivity index is 1.79. The zero-order chi connectivity index (χ0) is 19.0. The molecular formula is C17H26N2O5S2. The first-order valence-corrected chi connectivity index (χ1v) is 12.1. The predicted octanol–water partition coefficient (Wildman–Crippen LogP) is 0.746. The van der Waals surface area contributed by atoms with Crippen LogP contribution in [0.5, 0.6) is 0 Å². The maximum Gasteiger partial charge on any atom is 0.218 e. The van der Waals surface area contributed by atoms with Gasteiger partial charge in [0.1, 0.15) is 0 Å². The molecule has 2 saturated heterocycles.